The topological polar surface area (TPSA) is 47.1 Å². The fourth-order valence-electron chi connectivity index (χ4n) is 2.79. The number of likely N-dealkylation sites (N-methyl/N-ethyl adjacent to an activating group) is 1. The summed E-state index contributed by atoms with van der Waals surface area (Å²) in [5, 5.41) is 4.19. The van der Waals surface area contributed by atoms with Gasteiger partial charge in [-0.1, -0.05) is 20.8 Å². The highest BCUT2D eigenvalue weighted by molar-refractivity contribution is 5.04. The first-order valence-corrected chi connectivity index (χ1v) is 6.15. The highest BCUT2D eigenvalue weighted by Crippen LogP contribution is 2.26. The lowest BCUT2D eigenvalue weighted by Gasteiger charge is -2.40. The lowest BCUT2D eigenvalue weighted by Crippen LogP contribution is -2.51. The smallest absolute Gasteiger partial charge is 0.0534 e. The number of aryl methyl sites for hydroxylation is 1. The molecule has 2 atom stereocenters. The van der Waals surface area contributed by atoms with E-state index in [1.165, 1.54) is 5.56 Å². The number of nitrogens with zero attached hydrogens (tertiary/aromatic N) is 3. The molecule has 1 rings (SSSR count). The van der Waals surface area contributed by atoms with Gasteiger partial charge >= 0.3 is 0 Å². The van der Waals surface area contributed by atoms with E-state index in [4.69, 9.17) is 5.73 Å². The molecule has 0 bridgehead atoms. The number of nitrogens with two attached hydrogens (primary N) is 1. The fourth-order valence-corrected chi connectivity index (χ4v) is 2.79. The molecule has 0 aliphatic carbocycles. The molecule has 0 amide bonds. The van der Waals surface area contributed by atoms with Crippen LogP contribution in [0.3, 0.4) is 0 Å². The van der Waals surface area contributed by atoms with Gasteiger partial charge in [-0.05, 0) is 19.4 Å². The van der Waals surface area contributed by atoms with E-state index in [0.717, 1.165) is 6.54 Å². The van der Waals surface area contributed by atoms with Crippen LogP contribution in [0, 0.1) is 5.41 Å². The molecule has 0 saturated carbocycles. The molecule has 0 fully saturated rings. The highest BCUT2D eigenvalue weighted by atomic mass is 15.2. The number of hydrogen-bond acceptors (Lipinski definition) is 3. The zero-order chi connectivity index (χ0) is 13.2. The summed E-state index contributed by atoms with van der Waals surface area (Å²) in [6.45, 7) is 9.68. The molecule has 4 heteroatoms. The molecule has 0 saturated heterocycles. The second kappa shape index (κ2) is 5.19. The van der Waals surface area contributed by atoms with Gasteiger partial charge in [-0.15, -0.1) is 0 Å². The van der Waals surface area contributed by atoms with Crippen LogP contribution in [-0.2, 0) is 13.6 Å². The maximum atomic E-state index is 6.12. The van der Waals surface area contributed by atoms with E-state index in [-0.39, 0.29) is 11.5 Å². The van der Waals surface area contributed by atoms with Crippen LogP contribution in [0.5, 0.6) is 0 Å². The molecule has 0 aliphatic rings. The second-order valence-corrected chi connectivity index (χ2v) is 6.11. The summed E-state index contributed by atoms with van der Waals surface area (Å²) < 4.78 is 1.83. The van der Waals surface area contributed by atoms with E-state index in [1.54, 1.807) is 0 Å². The summed E-state index contributed by atoms with van der Waals surface area (Å²) >= 11 is 0. The molecule has 0 radical (unpaired) electrons. The average Bonchev–Trinajstić information content (AvgIpc) is 2.46. The summed E-state index contributed by atoms with van der Waals surface area (Å²) in [6.07, 6.45) is 3.97. The van der Waals surface area contributed by atoms with Gasteiger partial charge in [-0.3, -0.25) is 9.58 Å². The zero-order valence-corrected chi connectivity index (χ0v) is 11.9. The van der Waals surface area contributed by atoms with Gasteiger partial charge in [0.05, 0.1) is 6.20 Å². The Morgan fingerprint density at radius 1 is 1.47 bits per heavy atom. The minimum Gasteiger partial charge on any atom is -0.327 e. The quantitative estimate of drug-likeness (QED) is 0.867. The first kappa shape index (κ1) is 14.2. The van der Waals surface area contributed by atoms with Crippen molar-refractivity contribution < 1.29 is 0 Å². The Morgan fingerprint density at radius 3 is 2.41 bits per heavy atom. The van der Waals surface area contributed by atoms with E-state index >= 15 is 0 Å². The van der Waals surface area contributed by atoms with Crippen molar-refractivity contribution in [2.75, 3.05) is 7.05 Å². The van der Waals surface area contributed by atoms with Gasteiger partial charge in [0, 0.05) is 37.4 Å². The Morgan fingerprint density at radius 2 is 2.06 bits per heavy atom. The minimum absolute atomic E-state index is 0.150. The predicted octanol–water partition coefficient (Wildman–Crippen LogP) is 1.61. The molecule has 1 aromatic heterocycles. The van der Waals surface area contributed by atoms with Gasteiger partial charge in [-0.2, -0.15) is 5.10 Å². The van der Waals surface area contributed by atoms with Gasteiger partial charge in [0.25, 0.3) is 0 Å². The number of hydrogen-bond donors (Lipinski definition) is 1. The second-order valence-electron chi connectivity index (χ2n) is 6.11. The molecule has 1 heterocycles. The molecule has 0 spiro atoms. The summed E-state index contributed by atoms with van der Waals surface area (Å²) in [5.41, 5.74) is 7.52. The van der Waals surface area contributed by atoms with Crippen molar-refractivity contribution in [2.45, 2.75) is 46.3 Å². The largest absolute Gasteiger partial charge is 0.327 e. The van der Waals surface area contributed by atoms with Crippen LogP contribution in [0.15, 0.2) is 12.4 Å². The first-order valence-electron chi connectivity index (χ1n) is 6.15. The maximum Gasteiger partial charge on any atom is 0.0534 e. The Labute approximate surface area is 105 Å². The third-order valence-electron chi connectivity index (χ3n) is 3.05. The van der Waals surface area contributed by atoms with Crippen molar-refractivity contribution in [1.29, 1.82) is 0 Å². The van der Waals surface area contributed by atoms with Crippen LogP contribution in [0.1, 0.15) is 33.3 Å². The van der Waals surface area contributed by atoms with E-state index in [0.29, 0.717) is 6.04 Å². The molecule has 2 N–H and O–H groups in total. The Balaban J connectivity index is 2.76. The van der Waals surface area contributed by atoms with Crippen LogP contribution in [0.2, 0.25) is 0 Å². The van der Waals surface area contributed by atoms with Crippen molar-refractivity contribution in [3.05, 3.63) is 18.0 Å². The van der Waals surface area contributed by atoms with E-state index in [9.17, 15) is 0 Å². The van der Waals surface area contributed by atoms with E-state index < -0.39 is 0 Å². The lowest BCUT2D eigenvalue weighted by atomic mass is 9.82. The van der Waals surface area contributed by atoms with E-state index in [2.05, 4.69) is 50.9 Å². The molecule has 98 valence electrons. The fraction of sp³-hybridized carbons (Fsp3) is 0.769. The molecule has 4 nitrogen and oxygen atoms in total. The lowest BCUT2D eigenvalue weighted by molar-refractivity contribution is 0.100. The maximum absolute atomic E-state index is 6.12. The average molecular weight is 238 g/mol. The SMILES string of the molecule is CC(N)C(N(C)Cc1cnn(C)c1)C(C)(C)C. The van der Waals surface area contributed by atoms with Crippen LogP contribution < -0.4 is 5.73 Å². The Kier molecular flexibility index (Phi) is 4.33. The van der Waals surface area contributed by atoms with Gasteiger partial charge in [0.2, 0.25) is 0 Å². The van der Waals surface area contributed by atoms with Crippen LogP contribution in [0.25, 0.3) is 0 Å². The normalized spacial score (nSPS) is 16.2. The van der Waals surface area contributed by atoms with Crippen molar-refractivity contribution in [3.8, 4) is 0 Å². The first-order chi connectivity index (χ1) is 7.71. The van der Waals surface area contributed by atoms with Crippen LogP contribution >= 0.6 is 0 Å². The predicted molar refractivity (Wildman–Crippen MR) is 71.6 cm³/mol. The van der Waals surface area contributed by atoms with Gasteiger partial charge in [0.15, 0.2) is 0 Å². The summed E-state index contributed by atoms with van der Waals surface area (Å²) in [7, 11) is 4.07. The summed E-state index contributed by atoms with van der Waals surface area (Å²) in [6, 6.07) is 0.499. The van der Waals surface area contributed by atoms with Crippen LogP contribution in [0.4, 0.5) is 0 Å². The Hall–Kier alpha value is -0.870. The molecule has 1 aromatic rings. The van der Waals surface area contributed by atoms with Gasteiger partial charge in [0.1, 0.15) is 0 Å². The van der Waals surface area contributed by atoms with Gasteiger partial charge < -0.3 is 5.73 Å². The molecule has 0 aromatic carbocycles. The zero-order valence-electron chi connectivity index (χ0n) is 11.9. The molecule has 2 unspecified atom stereocenters. The third kappa shape index (κ3) is 3.82. The van der Waals surface area contributed by atoms with Crippen LogP contribution in [-0.4, -0.2) is 33.8 Å². The standard InChI is InChI=1S/C13H26N4/c1-10(14)12(13(2,3)4)16(5)8-11-7-15-17(6)9-11/h7,9-10,12H,8,14H2,1-6H3. The van der Waals surface area contributed by atoms with Crippen molar-refractivity contribution >= 4 is 0 Å². The van der Waals surface area contributed by atoms with E-state index in [1.807, 2.05) is 17.9 Å². The monoisotopic (exact) mass is 238 g/mol. The number of aromatic nitrogens is 2. The van der Waals surface area contributed by atoms with Gasteiger partial charge in [-0.25, -0.2) is 0 Å². The summed E-state index contributed by atoms with van der Waals surface area (Å²) in [4.78, 5) is 2.32. The Bertz CT molecular complexity index is 349. The minimum atomic E-state index is 0.150. The van der Waals surface area contributed by atoms with Crippen molar-refractivity contribution in [2.24, 2.45) is 18.2 Å². The third-order valence-corrected chi connectivity index (χ3v) is 3.05. The molecule has 17 heavy (non-hydrogen) atoms. The highest BCUT2D eigenvalue weighted by Gasteiger charge is 2.31. The summed E-state index contributed by atoms with van der Waals surface area (Å²) in [5.74, 6) is 0. The molecular formula is C13H26N4. The van der Waals surface area contributed by atoms with Crippen molar-refractivity contribution in [1.82, 2.24) is 14.7 Å². The van der Waals surface area contributed by atoms with Crippen molar-refractivity contribution in [3.63, 3.8) is 0 Å². The molecule has 0 aliphatic heterocycles. The molecular weight excluding hydrogens is 212 g/mol. The number of rotatable bonds is 4.